The second kappa shape index (κ2) is 9.89. The van der Waals surface area contributed by atoms with Gasteiger partial charge in [-0.15, -0.1) is 0 Å². The van der Waals surface area contributed by atoms with Gasteiger partial charge in [-0.05, 0) is 36.6 Å². The summed E-state index contributed by atoms with van der Waals surface area (Å²) in [6.45, 7) is 2.86. The number of rotatable bonds is 4. The summed E-state index contributed by atoms with van der Waals surface area (Å²) in [4.78, 5) is 27.3. The molecule has 1 N–H and O–H groups in total. The molecule has 1 saturated carbocycles. The largest absolute Gasteiger partial charge is 0.379 e. The van der Waals surface area contributed by atoms with Crippen LogP contribution in [0, 0.1) is 0 Å². The standard InChI is InChI=1S/C23H33N3O5S/c1-17(27)26-21-10-9-20(32(29,30)25-11-13-31-14-12-25)15-18(21)16-22(26)23(28)24-19-7-5-3-2-4-6-8-19/h9-10,15,19,22H,2-8,11-14,16H2,1H3,(H,24,28). The van der Waals surface area contributed by atoms with E-state index in [4.69, 9.17) is 4.74 Å². The Balaban J connectivity index is 1.53. The summed E-state index contributed by atoms with van der Waals surface area (Å²) in [6, 6.07) is 4.31. The van der Waals surface area contributed by atoms with Crippen LogP contribution in [0.1, 0.15) is 57.4 Å². The van der Waals surface area contributed by atoms with Crippen molar-refractivity contribution in [2.45, 2.75) is 75.3 Å². The van der Waals surface area contributed by atoms with Crippen LogP contribution in [0.2, 0.25) is 0 Å². The topological polar surface area (TPSA) is 96.0 Å². The number of nitrogens with one attached hydrogen (secondary N) is 1. The van der Waals surface area contributed by atoms with Crippen molar-refractivity contribution in [3.63, 3.8) is 0 Å². The molecule has 32 heavy (non-hydrogen) atoms. The van der Waals surface area contributed by atoms with E-state index in [0.717, 1.165) is 25.7 Å². The third-order valence-corrected chi connectivity index (χ3v) is 8.63. The molecule has 4 rings (SSSR count). The highest BCUT2D eigenvalue weighted by atomic mass is 32.2. The van der Waals surface area contributed by atoms with Gasteiger partial charge in [-0.2, -0.15) is 4.31 Å². The highest BCUT2D eigenvalue weighted by Gasteiger charge is 2.38. The van der Waals surface area contributed by atoms with Gasteiger partial charge in [-0.25, -0.2) is 8.42 Å². The smallest absolute Gasteiger partial charge is 0.243 e. The second-order valence-electron chi connectivity index (χ2n) is 8.97. The molecule has 1 aliphatic carbocycles. The van der Waals surface area contributed by atoms with E-state index in [1.165, 1.54) is 41.5 Å². The molecule has 176 valence electrons. The summed E-state index contributed by atoms with van der Waals surface area (Å²) in [7, 11) is -3.64. The zero-order chi connectivity index (χ0) is 22.7. The summed E-state index contributed by atoms with van der Waals surface area (Å²) in [5, 5.41) is 3.17. The molecule has 2 amide bonds. The molecule has 0 aromatic heterocycles. The first-order valence-corrected chi connectivity index (χ1v) is 13.1. The third-order valence-electron chi connectivity index (χ3n) is 6.74. The Kier molecular flexibility index (Phi) is 7.17. The van der Waals surface area contributed by atoms with E-state index in [0.29, 0.717) is 44.0 Å². The molecule has 2 heterocycles. The molecular weight excluding hydrogens is 430 g/mol. The first-order valence-electron chi connectivity index (χ1n) is 11.7. The molecule has 1 saturated heterocycles. The van der Waals surface area contributed by atoms with Crippen LogP contribution in [-0.2, 0) is 30.8 Å². The minimum Gasteiger partial charge on any atom is -0.379 e. The Morgan fingerprint density at radius 3 is 2.34 bits per heavy atom. The summed E-state index contributed by atoms with van der Waals surface area (Å²) >= 11 is 0. The van der Waals surface area contributed by atoms with Crippen LogP contribution >= 0.6 is 0 Å². The van der Waals surface area contributed by atoms with Gasteiger partial charge in [0.2, 0.25) is 21.8 Å². The molecule has 8 nitrogen and oxygen atoms in total. The number of carbonyl (C=O) groups excluding carboxylic acids is 2. The molecule has 1 unspecified atom stereocenters. The van der Waals surface area contributed by atoms with Crippen molar-refractivity contribution in [1.82, 2.24) is 9.62 Å². The van der Waals surface area contributed by atoms with Gasteiger partial charge in [0.05, 0.1) is 18.1 Å². The maximum Gasteiger partial charge on any atom is 0.243 e. The van der Waals surface area contributed by atoms with Crippen molar-refractivity contribution < 1.29 is 22.7 Å². The van der Waals surface area contributed by atoms with Crippen molar-refractivity contribution in [1.29, 1.82) is 0 Å². The van der Waals surface area contributed by atoms with Crippen LogP contribution in [0.5, 0.6) is 0 Å². The van der Waals surface area contributed by atoms with E-state index in [2.05, 4.69) is 5.32 Å². The summed E-state index contributed by atoms with van der Waals surface area (Å²) in [5.74, 6) is -0.370. The number of anilines is 1. The van der Waals surface area contributed by atoms with Gasteiger partial charge in [0.1, 0.15) is 6.04 Å². The van der Waals surface area contributed by atoms with Crippen LogP contribution in [0.4, 0.5) is 5.69 Å². The lowest BCUT2D eigenvalue weighted by molar-refractivity contribution is -0.126. The number of amides is 2. The first-order chi connectivity index (χ1) is 15.4. The number of fused-ring (bicyclic) bond motifs is 1. The number of ether oxygens (including phenoxy) is 1. The lowest BCUT2D eigenvalue weighted by Crippen LogP contribution is -2.50. The fraction of sp³-hybridized carbons (Fsp3) is 0.652. The average molecular weight is 464 g/mol. The quantitative estimate of drug-likeness (QED) is 0.739. The minimum atomic E-state index is -3.64. The SMILES string of the molecule is CC(=O)N1c2ccc(S(=O)(=O)N3CCOCC3)cc2CC1C(=O)NC1CCCCCCC1. The van der Waals surface area contributed by atoms with Crippen LogP contribution < -0.4 is 10.2 Å². The van der Waals surface area contributed by atoms with Gasteiger partial charge < -0.3 is 10.1 Å². The van der Waals surface area contributed by atoms with Crippen LogP contribution in [0.25, 0.3) is 0 Å². The van der Waals surface area contributed by atoms with Crippen molar-refractivity contribution in [3.05, 3.63) is 23.8 Å². The van der Waals surface area contributed by atoms with Crippen molar-refractivity contribution in [3.8, 4) is 0 Å². The highest BCUT2D eigenvalue weighted by Crippen LogP contribution is 2.35. The Morgan fingerprint density at radius 1 is 1.03 bits per heavy atom. The molecule has 2 fully saturated rings. The predicted molar refractivity (Wildman–Crippen MR) is 121 cm³/mol. The van der Waals surface area contributed by atoms with Gasteiger partial charge in [0.25, 0.3) is 0 Å². The van der Waals surface area contributed by atoms with Crippen LogP contribution in [0.15, 0.2) is 23.1 Å². The number of hydrogen-bond donors (Lipinski definition) is 1. The summed E-state index contributed by atoms with van der Waals surface area (Å²) in [5.41, 5.74) is 1.34. The fourth-order valence-corrected chi connectivity index (χ4v) is 6.48. The van der Waals surface area contributed by atoms with Gasteiger partial charge in [0, 0.05) is 38.2 Å². The van der Waals surface area contributed by atoms with E-state index in [-0.39, 0.29) is 22.8 Å². The molecule has 1 atom stereocenters. The second-order valence-corrected chi connectivity index (χ2v) is 10.9. The Morgan fingerprint density at radius 2 is 1.69 bits per heavy atom. The molecule has 1 aromatic carbocycles. The van der Waals surface area contributed by atoms with Gasteiger partial charge >= 0.3 is 0 Å². The lowest BCUT2D eigenvalue weighted by Gasteiger charge is -2.27. The van der Waals surface area contributed by atoms with Gasteiger partial charge in [0.15, 0.2) is 0 Å². The maximum absolute atomic E-state index is 13.2. The molecule has 3 aliphatic rings. The Hall–Kier alpha value is -1.97. The number of sulfonamides is 1. The van der Waals surface area contributed by atoms with E-state index >= 15 is 0 Å². The zero-order valence-electron chi connectivity index (χ0n) is 18.7. The normalized spacial score (nSPS) is 23.3. The molecule has 0 radical (unpaired) electrons. The average Bonchev–Trinajstić information content (AvgIpc) is 3.15. The molecule has 0 bridgehead atoms. The van der Waals surface area contributed by atoms with E-state index in [1.54, 1.807) is 12.1 Å². The fourth-order valence-electron chi connectivity index (χ4n) is 5.02. The summed E-state index contributed by atoms with van der Waals surface area (Å²) in [6.07, 6.45) is 8.11. The minimum absolute atomic E-state index is 0.137. The maximum atomic E-state index is 13.2. The third kappa shape index (κ3) is 4.84. The predicted octanol–water partition coefficient (Wildman–Crippen LogP) is 2.21. The lowest BCUT2D eigenvalue weighted by atomic mass is 9.96. The summed E-state index contributed by atoms with van der Waals surface area (Å²) < 4.78 is 32.8. The first kappa shape index (κ1) is 23.2. The Labute approximate surface area is 190 Å². The number of benzene rings is 1. The molecular formula is C23H33N3O5S. The molecule has 2 aliphatic heterocycles. The number of nitrogens with zero attached hydrogens (tertiary/aromatic N) is 2. The van der Waals surface area contributed by atoms with E-state index < -0.39 is 16.1 Å². The molecule has 9 heteroatoms. The van der Waals surface area contributed by atoms with Crippen LogP contribution in [-0.4, -0.2) is 62.9 Å². The number of hydrogen-bond acceptors (Lipinski definition) is 5. The number of carbonyl (C=O) groups is 2. The van der Waals surface area contributed by atoms with Crippen LogP contribution in [0.3, 0.4) is 0 Å². The van der Waals surface area contributed by atoms with Crippen molar-refractivity contribution >= 4 is 27.5 Å². The number of morpholine rings is 1. The monoisotopic (exact) mass is 463 g/mol. The zero-order valence-corrected chi connectivity index (χ0v) is 19.5. The van der Waals surface area contributed by atoms with E-state index in [1.807, 2.05) is 0 Å². The van der Waals surface area contributed by atoms with Crippen molar-refractivity contribution in [2.75, 3.05) is 31.2 Å². The highest BCUT2D eigenvalue weighted by molar-refractivity contribution is 7.89. The van der Waals surface area contributed by atoms with E-state index in [9.17, 15) is 18.0 Å². The van der Waals surface area contributed by atoms with Gasteiger partial charge in [-0.3, -0.25) is 14.5 Å². The Bertz CT molecular complexity index is 950. The molecule has 1 aromatic rings. The van der Waals surface area contributed by atoms with Crippen molar-refractivity contribution in [2.24, 2.45) is 0 Å². The molecule has 0 spiro atoms. The van der Waals surface area contributed by atoms with Gasteiger partial charge in [-0.1, -0.05) is 32.1 Å².